The molecule has 0 spiro atoms. The number of benzene rings is 3. The fourth-order valence-corrected chi connectivity index (χ4v) is 9.68. The molecule has 0 aromatic heterocycles. The van der Waals surface area contributed by atoms with Gasteiger partial charge in [0.2, 0.25) is 0 Å². The molecule has 12 nitrogen and oxygen atoms in total. The molecule has 0 radical (unpaired) electrons. The van der Waals surface area contributed by atoms with Gasteiger partial charge in [-0.15, -0.1) is 0 Å². The molecule has 50 heavy (non-hydrogen) atoms. The maximum absolute atomic E-state index is 13.4. The van der Waals surface area contributed by atoms with Crippen molar-refractivity contribution in [2.24, 2.45) is 10.8 Å². The van der Waals surface area contributed by atoms with Gasteiger partial charge in [0.25, 0.3) is 30.4 Å². The van der Waals surface area contributed by atoms with Crippen LogP contribution in [-0.4, -0.2) is 55.7 Å². The molecule has 264 valence electrons. The lowest BCUT2D eigenvalue weighted by Gasteiger charge is -2.34. The van der Waals surface area contributed by atoms with Crippen LogP contribution in [0.2, 0.25) is 0 Å². The van der Waals surface area contributed by atoms with Crippen LogP contribution in [0.15, 0.2) is 58.3 Å². The Morgan fingerprint density at radius 3 is 2.00 bits per heavy atom. The fourth-order valence-electron chi connectivity index (χ4n) is 7.34. The van der Waals surface area contributed by atoms with Gasteiger partial charge >= 0.3 is 5.97 Å². The highest BCUT2D eigenvalue weighted by atomic mass is 32.2. The van der Waals surface area contributed by atoms with Crippen molar-refractivity contribution < 1.29 is 53.5 Å². The summed E-state index contributed by atoms with van der Waals surface area (Å²) in [6, 6.07) is 8.69. The molecular formula is C35H34O12S3. The van der Waals surface area contributed by atoms with Crippen molar-refractivity contribution in [3.8, 4) is 11.5 Å². The smallest absolute Gasteiger partial charge is 0.336 e. The molecule has 15 heteroatoms. The largest absolute Gasteiger partial charge is 0.478 e. The topological polar surface area (TPSA) is 210 Å². The number of allylic oxidation sites excluding steroid dienone is 3. The molecular weight excluding hydrogens is 709 g/mol. The second-order valence-corrected chi connectivity index (χ2v) is 18.1. The lowest BCUT2D eigenvalue weighted by molar-refractivity contribution is 0.0696. The minimum Gasteiger partial charge on any atom is -0.478 e. The zero-order chi connectivity index (χ0) is 36.9. The van der Waals surface area contributed by atoms with Crippen molar-refractivity contribution in [3.63, 3.8) is 0 Å². The van der Waals surface area contributed by atoms with E-state index in [9.17, 15) is 48.8 Å². The Balaban J connectivity index is 1.94. The number of aromatic carboxylic acids is 1. The average Bonchev–Trinajstić information content (AvgIpc) is 2.94. The minimum absolute atomic E-state index is 0.00158. The highest BCUT2D eigenvalue weighted by Gasteiger charge is 2.40. The monoisotopic (exact) mass is 742 g/mol. The van der Waals surface area contributed by atoms with E-state index in [4.69, 9.17) is 4.74 Å². The molecule has 2 aliphatic carbocycles. The van der Waals surface area contributed by atoms with E-state index < -0.39 is 74.2 Å². The van der Waals surface area contributed by atoms with Crippen LogP contribution >= 0.6 is 0 Å². The van der Waals surface area contributed by atoms with Crippen molar-refractivity contribution >= 4 is 59.1 Å². The summed E-state index contributed by atoms with van der Waals surface area (Å²) >= 11 is 0. The van der Waals surface area contributed by atoms with E-state index in [0.29, 0.717) is 12.0 Å². The zero-order valence-electron chi connectivity index (χ0n) is 27.6. The average molecular weight is 743 g/mol. The summed E-state index contributed by atoms with van der Waals surface area (Å²) in [5.41, 5.74) is -0.503. The van der Waals surface area contributed by atoms with Gasteiger partial charge in [-0.2, -0.15) is 25.3 Å². The molecule has 3 aromatic rings. The second-order valence-electron chi connectivity index (χ2n) is 14.0. The Kier molecular flexibility index (Phi) is 8.17. The molecule has 1 heterocycles. The van der Waals surface area contributed by atoms with E-state index >= 15 is 0 Å². The molecule has 6 rings (SSSR count). The molecule has 3 aromatic carbocycles. The van der Waals surface area contributed by atoms with Crippen LogP contribution in [0.5, 0.6) is 11.5 Å². The lowest BCUT2D eigenvalue weighted by Crippen LogP contribution is -2.34. The van der Waals surface area contributed by atoms with Crippen LogP contribution in [0.4, 0.5) is 0 Å². The third-order valence-electron chi connectivity index (χ3n) is 8.97. The van der Waals surface area contributed by atoms with Gasteiger partial charge in [-0.05, 0) is 69.9 Å². The number of fused-ring (bicyclic) bond motifs is 4. The first-order valence-electron chi connectivity index (χ1n) is 15.4. The summed E-state index contributed by atoms with van der Waals surface area (Å²) in [7, 11) is -15.1. The summed E-state index contributed by atoms with van der Waals surface area (Å²) in [6.07, 6.45) is 5.52. The first-order valence-corrected chi connectivity index (χ1v) is 19.9. The van der Waals surface area contributed by atoms with E-state index in [1.54, 1.807) is 19.9 Å². The fraction of sp³-hybridized carbons (Fsp3) is 0.286. The molecule has 0 fully saturated rings. The van der Waals surface area contributed by atoms with Gasteiger partial charge < -0.3 is 9.84 Å². The molecule has 0 atom stereocenters. The quantitative estimate of drug-likeness (QED) is 0.190. The number of carboxylic acid groups (broad SMARTS) is 1. The predicted molar refractivity (Wildman–Crippen MR) is 185 cm³/mol. The molecule has 1 aliphatic heterocycles. The summed E-state index contributed by atoms with van der Waals surface area (Å²) in [6.45, 7) is 8.90. The maximum atomic E-state index is 13.4. The highest BCUT2D eigenvalue weighted by Crippen LogP contribution is 2.50. The normalized spacial score (nSPS) is 17.6. The Morgan fingerprint density at radius 2 is 1.42 bits per heavy atom. The van der Waals surface area contributed by atoms with Gasteiger partial charge in [0.15, 0.2) is 11.5 Å². The van der Waals surface area contributed by atoms with Crippen molar-refractivity contribution in [1.82, 2.24) is 0 Å². The minimum atomic E-state index is -5.28. The third-order valence-corrected chi connectivity index (χ3v) is 11.5. The molecule has 0 saturated heterocycles. The van der Waals surface area contributed by atoms with Gasteiger partial charge in [0.1, 0.15) is 15.5 Å². The Hall–Kier alpha value is -4.12. The molecule has 0 unspecified atom stereocenters. The maximum Gasteiger partial charge on any atom is 0.336 e. The van der Waals surface area contributed by atoms with Gasteiger partial charge in [-0.3, -0.25) is 13.7 Å². The van der Waals surface area contributed by atoms with Crippen molar-refractivity contribution in [3.05, 3.63) is 92.4 Å². The number of carbonyl (C=O) groups is 1. The van der Waals surface area contributed by atoms with Gasteiger partial charge in [0, 0.05) is 27.0 Å². The van der Waals surface area contributed by atoms with E-state index in [2.05, 4.69) is 0 Å². The molecule has 0 bridgehead atoms. The molecule has 0 saturated carbocycles. The highest BCUT2D eigenvalue weighted by molar-refractivity contribution is 7.86. The Labute approximate surface area is 289 Å². The van der Waals surface area contributed by atoms with Crippen LogP contribution in [0, 0.1) is 10.8 Å². The van der Waals surface area contributed by atoms with Crippen LogP contribution in [0.25, 0.3) is 22.8 Å². The van der Waals surface area contributed by atoms with E-state index in [1.165, 1.54) is 42.5 Å². The van der Waals surface area contributed by atoms with Crippen LogP contribution < -0.4 is 15.2 Å². The van der Waals surface area contributed by atoms with E-state index in [-0.39, 0.29) is 55.8 Å². The Morgan fingerprint density at radius 1 is 0.780 bits per heavy atom. The standard InChI is InChI=1S/C35H34O12S3/c1-6-18-13-34(2,3)15-26-22(18)11-24-28(20-9-7-8-10-21(20)33(36)37)25-12-23-19(17-48(38,39)40)14-35(4,5)16-27(23)32(50(44,45)46)30(25)47-29(24)31(26)49(41,42)43/h7-14,16H,6,15,17H2,1-5H3,(H,36,37)(H,38,39,40)(H,41,42,43)(H,44,45,46). The van der Waals surface area contributed by atoms with Crippen molar-refractivity contribution in [1.29, 1.82) is 0 Å². The summed E-state index contributed by atoms with van der Waals surface area (Å²) < 4.78 is 116. The second kappa shape index (κ2) is 11.4. The first kappa shape index (κ1) is 35.7. The van der Waals surface area contributed by atoms with E-state index in [1.807, 2.05) is 26.8 Å². The van der Waals surface area contributed by atoms with Gasteiger partial charge in [-0.25, -0.2) is 4.79 Å². The molecule has 4 N–H and O–H groups in total. The SMILES string of the molecule is CCC1=CC(C)(C)Cc2c1cc1c(c2S(=O)(=O)O)Oc2c(S(=O)(=O)O)c3c(cc2=C1c1ccccc1C(=O)O)C(CS(=O)(=O)O)=CC(C)(C)C=3. The van der Waals surface area contributed by atoms with Crippen LogP contribution in [-0.2, 0) is 36.8 Å². The number of hydrogen-bond donors (Lipinski definition) is 4. The predicted octanol–water partition coefficient (Wildman–Crippen LogP) is 4.70. The summed E-state index contributed by atoms with van der Waals surface area (Å²) in [5.74, 6) is -3.35. The molecule has 3 aliphatic rings. The number of carboxylic acids is 1. The zero-order valence-corrected chi connectivity index (χ0v) is 30.0. The van der Waals surface area contributed by atoms with E-state index in [0.717, 1.165) is 5.57 Å². The molecule has 0 amide bonds. The number of rotatable bonds is 7. The Bertz CT molecular complexity index is 2590. The number of ether oxygens (including phenoxy) is 1. The van der Waals surface area contributed by atoms with Crippen LogP contribution in [0.1, 0.15) is 79.2 Å². The van der Waals surface area contributed by atoms with Crippen molar-refractivity contribution in [2.75, 3.05) is 5.75 Å². The lowest BCUT2D eigenvalue weighted by atomic mass is 9.74. The first-order chi connectivity index (χ1) is 22.9. The van der Waals surface area contributed by atoms with Crippen LogP contribution in [0.3, 0.4) is 0 Å². The summed E-state index contributed by atoms with van der Waals surface area (Å²) in [5, 5.41) is 9.97. The van der Waals surface area contributed by atoms with Gasteiger partial charge in [0.05, 0.1) is 5.56 Å². The summed E-state index contributed by atoms with van der Waals surface area (Å²) in [4.78, 5) is 11.1. The van der Waals surface area contributed by atoms with Crippen molar-refractivity contribution in [2.45, 2.75) is 57.3 Å². The van der Waals surface area contributed by atoms with Gasteiger partial charge in [-0.1, -0.05) is 71.0 Å². The number of hydrogen-bond acceptors (Lipinski definition) is 8. The third kappa shape index (κ3) is 6.22.